The van der Waals surface area contributed by atoms with E-state index in [4.69, 9.17) is 14.2 Å². The highest BCUT2D eigenvalue weighted by atomic mass is 32.2. The molecule has 0 saturated heterocycles. The van der Waals surface area contributed by atoms with Gasteiger partial charge < -0.3 is 14.2 Å². The van der Waals surface area contributed by atoms with Crippen LogP contribution >= 0.6 is 0 Å². The topological polar surface area (TPSA) is 120 Å². The van der Waals surface area contributed by atoms with E-state index >= 15 is 0 Å². The molecule has 38 heavy (non-hydrogen) atoms. The first-order chi connectivity index (χ1) is 17.7. The third-order valence-electron chi connectivity index (χ3n) is 4.84. The molecule has 0 atom stereocenters. The lowest BCUT2D eigenvalue weighted by Gasteiger charge is -2.16. The molecule has 0 heterocycles. The van der Waals surface area contributed by atoms with Crippen LogP contribution in [0.25, 0.3) is 0 Å². The fourth-order valence-corrected chi connectivity index (χ4v) is 5.71. The molecule has 0 bridgehead atoms. The Bertz CT molecular complexity index is 1530. The summed E-state index contributed by atoms with van der Waals surface area (Å²) in [4.78, 5) is -1.10. The summed E-state index contributed by atoms with van der Waals surface area (Å²) in [5, 5.41) is 0. The van der Waals surface area contributed by atoms with Gasteiger partial charge in [-0.25, -0.2) is 25.6 Å². The van der Waals surface area contributed by atoms with Gasteiger partial charge in [-0.05, 0) is 70.2 Å². The second kappa shape index (κ2) is 11.4. The highest BCUT2D eigenvalue weighted by Gasteiger charge is 2.26. The first kappa shape index (κ1) is 29.0. The summed E-state index contributed by atoms with van der Waals surface area (Å²) < 4.78 is 102. The van der Waals surface area contributed by atoms with E-state index in [1.807, 2.05) is 0 Å². The maximum Gasteiger partial charge on any atom is 0.265 e. The lowest BCUT2D eigenvalue weighted by atomic mass is 10.3. The average Bonchev–Trinajstić information content (AvgIpc) is 2.82. The number of nitrogens with one attached hydrogen (secondary N) is 2. The molecule has 0 unspecified atom stereocenters. The summed E-state index contributed by atoms with van der Waals surface area (Å²) in [6.07, 6.45) is -0.490. The zero-order chi connectivity index (χ0) is 28.3. The van der Waals surface area contributed by atoms with Gasteiger partial charge >= 0.3 is 0 Å². The standard InChI is InChI=1S/C25H28F2N2O7S2/c1-15(2)35-17-6-9-20(26)22(12-17)28-37(30,31)19-8-11-24(34-5)25(14-19)38(32,33)29-23-13-18(36-16(3)4)7-10-21(23)27/h6-16,28-29H,1-5H3. The van der Waals surface area contributed by atoms with E-state index in [2.05, 4.69) is 9.44 Å². The fourth-order valence-electron chi connectivity index (χ4n) is 3.29. The second-order valence-corrected chi connectivity index (χ2v) is 12.0. The highest BCUT2D eigenvalue weighted by molar-refractivity contribution is 7.93. The van der Waals surface area contributed by atoms with Crippen molar-refractivity contribution in [2.45, 2.75) is 49.7 Å². The molecular formula is C25H28F2N2O7S2. The summed E-state index contributed by atoms with van der Waals surface area (Å²) in [6.45, 7) is 7.00. The fraction of sp³-hybridized carbons (Fsp3) is 0.280. The van der Waals surface area contributed by atoms with E-state index in [-0.39, 0.29) is 29.5 Å². The maximum absolute atomic E-state index is 14.4. The molecule has 3 rings (SSSR count). The van der Waals surface area contributed by atoms with Gasteiger partial charge in [0.2, 0.25) is 0 Å². The molecule has 13 heteroatoms. The Hall–Kier alpha value is -3.58. The zero-order valence-electron chi connectivity index (χ0n) is 21.3. The van der Waals surface area contributed by atoms with Crippen molar-refractivity contribution in [3.8, 4) is 17.2 Å². The van der Waals surface area contributed by atoms with E-state index in [0.29, 0.717) is 0 Å². The van der Waals surface area contributed by atoms with Crippen molar-refractivity contribution >= 4 is 31.4 Å². The van der Waals surface area contributed by atoms with Gasteiger partial charge in [0.1, 0.15) is 33.8 Å². The molecule has 0 amide bonds. The number of rotatable bonds is 11. The Morgan fingerprint density at radius 1 is 0.684 bits per heavy atom. The van der Waals surface area contributed by atoms with Crippen molar-refractivity contribution < 1.29 is 39.8 Å². The van der Waals surface area contributed by atoms with Crippen molar-refractivity contribution in [2.24, 2.45) is 0 Å². The SMILES string of the molecule is COc1ccc(S(=O)(=O)Nc2cc(OC(C)C)ccc2F)cc1S(=O)(=O)Nc1cc(OC(C)C)ccc1F. The van der Waals surface area contributed by atoms with E-state index in [1.165, 1.54) is 25.3 Å². The number of hydrogen-bond acceptors (Lipinski definition) is 7. The highest BCUT2D eigenvalue weighted by Crippen LogP contribution is 2.32. The quantitative estimate of drug-likeness (QED) is 0.327. The molecule has 0 spiro atoms. The molecule has 0 radical (unpaired) electrons. The van der Waals surface area contributed by atoms with E-state index in [9.17, 15) is 25.6 Å². The summed E-state index contributed by atoms with van der Waals surface area (Å²) in [5.41, 5.74) is -0.814. The van der Waals surface area contributed by atoms with Crippen LogP contribution in [0.4, 0.5) is 20.2 Å². The monoisotopic (exact) mass is 570 g/mol. The van der Waals surface area contributed by atoms with Gasteiger partial charge in [0, 0.05) is 12.1 Å². The van der Waals surface area contributed by atoms with Crippen molar-refractivity contribution in [1.29, 1.82) is 0 Å². The number of anilines is 2. The first-order valence-corrected chi connectivity index (χ1v) is 14.3. The number of sulfonamides is 2. The number of halogens is 2. The molecule has 0 aliphatic rings. The number of hydrogen-bond donors (Lipinski definition) is 2. The largest absolute Gasteiger partial charge is 0.495 e. The summed E-state index contributed by atoms with van der Waals surface area (Å²) in [6, 6.07) is 10.1. The van der Waals surface area contributed by atoms with Gasteiger partial charge in [0.25, 0.3) is 20.0 Å². The summed E-state index contributed by atoms with van der Waals surface area (Å²) in [7, 11) is -7.85. The predicted molar refractivity (Wildman–Crippen MR) is 139 cm³/mol. The van der Waals surface area contributed by atoms with E-state index in [0.717, 1.165) is 36.4 Å². The molecule has 0 saturated carbocycles. The van der Waals surface area contributed by atoms with Gasteiger partial charge in [-0.1, -0.05) is 0 Å². The summed E-state index contributed by atoms with van der Waals surface area (Å²) in [5.74, 6) is -1.51. The molecule has 9 nitrogen and oxygen atoms in total. The van der Waals surface area contributed by atoms with Gasteiger partial charge in [-0.15, -0.1) is 0 Å². The number of benzene rings is 3. The van der Waals surface area contributed by atoms with Crippen LogP contribution in [0, 0.1) is 11.6 Å². The summed E-state index contributed by atoms with van der Waals surface area (Å²) >= 11 is 0. The molecule has 0 aromatic heterocycles. The lowest BCUT2D eigenvalue weighted by molar-refractivity contribution is 0.242. The van der Waals surface area contributed by atoms with Crippen molar-refractivity contribution in [2.75, 3.05) is 16.6 Å². The Morgan fingerprint density at radius 2 is 1.16 bits per heavy atom. The van der Waals surface area contributed by atoms with E-state index < -0.39 is 52.8 Å². The van der Waals surface area contributed by atoms with Crippen LogP contribution in [-0.4, -0.2) is 36.2 Å². The van der Waals surface area contributed by atoms with Gasteiger partial charge in [0.15, 0.2) is 0 Å². The number of methoxy groups -OCH3 is 1. The van der Waals surface area contributed by atoms with Crippen molar-refractivity contribution in [3.63, 3.8) is 0 Å². The van der Waals surface area contributed by atoms with Crippen LogP contribution in [0.1, 0.15) is 27.7 Å². The van der Waals surface area contributed by atoms with Crippen LogP contribution < -0.4 is 23.7 Å². The molecule has 0 fully saturated rings. The van der Waals surface area contributed by atoms with Gasteiger partial charge in [0.05, 0.1) is 35.6 Å². The second-order valence-electron chi connectivity index (χ2n) is 8.64. The van der Waals surface area contributed by atoms with Crippen LogP contribution in [-0.2, 0) is 20.0 Å². The third-order valence-corrected chi connectivity index (χ3v) is 7.59. The third kappa shape index (κ3) is 7.04. The average molecular weight is 571 g/mol. The minimum Gasteiger partial charge on any atom is -0.495 e. The van der Waals surface area contributed by atoms with Crippen molar-refractivity contribution in [1.82, 2.24) is 0 Å². The normalized spacial score (nSPS) is 11.9. The van der Waals surface area contributed by atoms with Crippen LogP contribution in [0.3, 0.4) is 0 Å². The van der Waals surface area contributed by atoms with Gasteiger partial charge in [-0.2, -0.15) is 0 Å². The van der Waals surface area contributed by atoms with Crippen molar-refractivity contribution in [3.05, 3.63) is 66.2 Å². The molecule has 3 aromatic rings. The molecule has 0 aliphatic heterocycles. The molecular weight excluding hydrogens is 542 g/mol. The maximum atomic E-state index is 14.4. The van der Waals surface area contributed by atoms with Crippen LogP contribution in [0.15, 0.2) is 64.4 Å². The molecule has 206 valence electrons. The van der Waals surface area contributed by atoms with E-state index in [1.54, 1.807) is 27.7 Å². The van der Waals surface area contributed by atoms with Crippen LogP contribution in [0.5, 0.6) is 17.2 Å². The Morgan fingerprint density at radius 3 is 1.61 bits per heavy atom. The minimum atomic E-state index is -4.56. The predicted octanol–water partition coefficient (Wildman–Crippen LogP) is 5.15. The Labute approximate surface area is 220 Å². The Kier molecular flexibility index (Phi) is 8.72. The lowest BCUT2D eigenvalue weighted by Crippen LogP contribution is -2.18. The number of ether oxygens (including phenoxy) is 3. The molecule has 3 aromatic carbocycles. The molecule has 0 aliphatic carbocycles. The first-order valence-electron chi connectivity index (χ1n) is 11.4. The van der Waals surface area contributed by atoms with Gasteiger partial charge in [-0.3, -0.25) is 9.44 Å². The molecule has 2 N–H and O–H groups in total. The van der Waals surface area contributed by atoms with Crippen LogP contribution in [0.2, 0.25) is 0 Å². The Balaban J connectivity index is 1.99. The minimum absolute atomic E-state index is 0.204. The zero-order valence-corrected chi connectivity index (χ0v) is 22.9. The smallest absolute Gasteiger partial charge is 0.265 e.